The highest BCUT2D eigenvalue weighted by molar-refractivity contribution is 7.80. The fourth-order valence-electron chi connectivity index (χ4n) is 1.89. The fourth-order valence-corrected chi connectivity index (χ4v) is 2.05. The quantitative estimate of drug-likeness (QED) is 0.500. The van der Waals surface area contributed by atoms with Gasteiger partial charge in [0.15, 0.2) is 5.11 Å². The second-order valence-corrected chi connectivity index (χ2v) is 5.13. The van der Waals surface area contributed by atoms with E-state index in [1.807, 2.05) is 55.5 Å². The first kappa shape index (κ1) is 16.8. The predicted molar refractivity (Wildman–Crippen MR) is 97.6 cm³/mol. The number of hydrazone groups is 1. The van der Waals surface area contributed by atoms with Crippen molar-refractivity contribution in [1.82, 2.24) is 5.43 Å². The Kier molecular flexibility index (Phi) is 5.94. The van der Waals surface area contributed by atoms with Crippen LogP contribution in [0, 0.1) is 0 Å². The van der Waals surface area contributed by atoms with Crippen molar-refractivity contribution in [2.45, 2.75) is 6.92 Å². The summed E-state index contributed by atoms with van der Waals surface area (Å²) in [5.74, 6) is 1.57. The summed E-state index contributed by atoms with van der Waals surface area (Å²) >= 11 is 5.23. The van der Waals surface area contributed by atoms with Crippen LogP contribution in [-0.2, 0) is 0 Å². The molecular formula is C17H19N3O2S. The Morgan fingerprint density at radius 1 is 1.00 bits per heavy atom. The highest BCUT2D eigenvalue weighted by atomic mass is 32.1. The molecule has 120 valence electrons. The lowest BCUT2D eigenvalue weighted by Gasteiger charge is -2.09. The predicted octanol–water partition coefficient (Wildman–Crippen LogP) is 3.41. The van der Waals surface area contributed by atoms with Gasteiger partial charge in [-0.1, -0.05) is 6.07 Å². The second-order valence-electron chi connectivity index (χ2n) is 4.72. The maximum absolute atomic E-state index is 5.23. The average Bonchev–Trinajstić information content (AvgIpc) is 2.60. The van der Waals surface area contributed by atoms with E-state index >= 15 is 0 Å². The molecule has 5 nitrogen and oxygen atoms in total. The van der Waals surface area contributed by atoms with Crippen LogP contribution in [0.15, 0.2) is 53.6 Å². The first-order valence-electron chi connectivity index (χ1n) is 7.02. The van der Waals surface area contributed by atoms with E-state index in [1.165, 1.54) is 0 Å². The van der Waals surface area contributed by atoms with Gasteiger partial charge in [0.1, 0.15) is 11.5 Å². The SMILES string of the molecule is COc1ccc(/C(C)=N\NC(=S)Nc2cccc(OC)c2)cc1. The van der Waals surface area contributed by atoms with E-state index in [0.717, 1.165) is 28.5 Å². The number of benzene rings is 2. The van der Waals surface area contributed by atoms with Crippen LogP contribution in [0.1, 0.15) is 12.5 Å². The van der Waals surface area contributed by atoms with E-state index in [1.54, 1.807) is 14.2 Å². The number of hydrogen-bond acceptors (Lipinski definition) is 4. The number of ether oxygens (including phenoxy) is 2. The van der Waals surface area contributed by atoms with Crippen LogP contribution >= 0.6 is 12.2 Å². The van der Waals surface area contributed by atoms with E-state index < -0.39 is 0 Å². The summed E-state index contributed by atoms with van der Waals surface area (Å²) < 4.78 is 10.3. The van der Waals surface area contributed by atoms with Gasteiger partial charge in [0.2, 0.25) is 0 Å². The first-order chi connectivity index (χ1) is 11.1. The molecule has 0 aliphatic heterocycles. The third kappa shape index (κ3) is 4.96. The number of anilines is 1. The van der Waals surface area contributed by atoms with Crippen molar-refractivity contribution < 1.29 is 9.47 Å². The number of hydrogen-bond donors (Lipinski definition) is 2. The van der Waals surface area contributed by atoms with Crippen LogP contribution < -0.4 is 20.2 Å². The number of nitrogens with zero attached hydrogens (tertiary/aromatic N) is 1. The lowest BCUT2D eigenvalue weighted by molar-refractivity contribution is 0.414. The largest absolute Gasteiger partial charge is 0.497 e. The second kappa shape index (κ2) is 8.14. The monoisotopic (exact) mass is 329 g/mol. The van der Waals surface area contributed by atoms with Gasteiger partial charge < -0.3 is 14.8 Å². The molecule has 0 aliphatic rings. The average molecular weight is 329 g/mol. The molecule has 0 spiro atoms. The summed E-state index contributed by atoms with van der Waals surface area (Å²) in [5, 5.41) is 7.74. The van der Waals surface area contributed by atoms with Crippen molar-refractivity contribution in [2.24, 2.45) is 5.10 Å². The van der Waals surface area contributed by atoms with Gasteiger partial charge in [-0.2, -0.15) is 5.10 Å². The van der Waals surface area contributed by atoms with Crippen molar-refractivity contribution >= 4 is 28.7 Å². The normalized spacial score (nSPS) is 10.8. The summed E-state index contributed by atoms with van der Waals surface area (Å²) in [6.07, 6.45) is 0. The van der Waals surface area contributed by atoms with Crippen LogP contribution in [0.4, 0.5) is 5.69 Å². The van der Waals surface area contributed by atoms with Gasteiger partial charge in [0.05, 0.1) is 19.9 Å². The van der Waals surface area contributed by atoms with Crippen molar-refractivity contribution in [3.63, 3.8) is 0 Å². The Hall–Kier alpha value is -2.60. The minimum atomic E-state index is 0.408. The molecule has 0 bridgehead atoms. The summed E-state index contributed by atoms with van der Waals surface area (Å²) in [7, 11) is 3.26. The van der Waals surface area contributed by atoms with Gasteiger partial charge in [0, 0.05) is 11.8 Å². The van der Waals surface area contributed by atoms with Gasteiger partial charge in [-0.25, -0.2) is 0 Å². The zero-order valence-electron chi connectivity index (χ0n) is 13.3. The molecule has 2 aromatic rings. The molecule has 0 heterocycles. The molecule has 23 heavy (non-hydrogen) atoms. The molecule has 0 aliphatic carbocycles. The Balaban J connectivity index is 1.96. The first-order valence-corrected chi connectivity index (χ1v) is 7.43. The zero-order chi connectivity index (χ0) is 16.7. The molecule has 6 heteroatoms. The van der Waals surface area contributed by atoms with Crippen molar-refractivity contribution in [2.75, 3.05) is 19.5 Å². The molecule has 0 amide bonds. The minimum absolute atomic E-state index is 0.408. The molecule has 0 radical (unpaired) electrons. The van der Waals surface area contributed by atoms with E-state index in [-0.39, 0.29) is 0 Å². The maximum atomic E-state index is 5.23. The van der Waals surface area contributed by atoms with Gasteiger partial charge in [-0.3, -0.25) is 5.43 Å². The van der Waals surface area contributed by atoms with Crippen molar-refractivity contribution in [3.05, 3.63) is 54.1 Å². The van der Waals surface area contributed by atoms with Gasteiger partial charge in [-0.05, 0) is 61.1 Å². The van der Waals surface area contributed by atoms with Gasteiger partial charge in [0.25, 0.3) is 0 Å². The number of rotatable bonds is 5. The summed E-state index contributed by atoms with van der Waals surface area (Å²) in [6.45, 7) is 1.91. The zero-order valence-corrected chi connectivity index (χ0v) is 14.1. The number of thiocarbonyl (C=S) groups is 1. The lowest BCUT2D eigenvalue weighted by Crippen LogP contribution is -2.24. The number of methoxy groups -OCH3 is 2. The summed E-state index contributed by atoms with van der Waals surface area (Å²) in [4.78, 5) is 0. The van der Waals surface area contributed by atoms with Crippen LogP contribution in [-0.4, -0.2) is 25.0 Å². The molecule has 2 aromatic carbocycles. The Bertz CT molecular complexity index is 699. The summed E-state index contributed by atoms with van der Waals surface area (Å²) in [6, 6.07) is 15.2. The van der Waals surface area contributed by atoms with E-state index in [2.05, 4.69) is 15.8 Å². The Labute approximate surface area is 141 Å². The minimum Gasteiger partial charge on any atom is -0.497 e. The maximum Gasteiger partial charge on any atom is 0.191 e. The number of nitrogens with one attached hydrogen (secondary N) is 2. The highest BCUT2D eigenvalue weighted by Gasteiger charge is 2.01. The molecule has 0 saturated carbocycles. The smallest absolute Gasteiger partial charge is 0.191 e. The van der Waals surface area contributed by atoms with E-state index in [4.69, 9.17) is 21.7 Å². The fraction of sp³-hybridized carbons (Fsp3) is 0.176. The van der Waals surface area contributed by atoms with Gasteiger partial charge in [-0.15, -0.1) is 0 Å². The molecule has 0 saturated heterocycles. The topological polar surface area (TPSA) is 54.9 Å². The van der Waals surface area contributed by atoms with E-state index in [9.17, 15) is 0 Å². The molecule has 0 atom stereocenters. The molecule has 0 aromatic heterocycles. The molecule has 2 rings (SSSR count). The Morgan fingerprint density at radius 2 is 1.70 bits per heavy atom. The van der Waals surface area contributed by atoms with Crippen LogP contribution in [0.2, 0.25) is 0 Å². The van der Waals surface area contributed by atoms with E-state index in [0.29, 0.717) is 5.11 Å². The van der Waals surface area contributed by atoms with Crippen LogP contribution in [0.5, 0.6) is 11.5 Å². The molecular weight excluding hydrogens is 310 g/mol. The third-order valence-corrected chi connectivity index (χ3v) is 3.35. The molecule has 0 unspecified atom stereocenters. The van der Waals surface area contributed by atoms with Crippen LogP contribution in [0.3, 0.4) is 0 Å². The molecule has 0 fully saturated rings. The van der Waals surface area contributed by atoms with Crippen LogP contribution in [0.25, 0.3) is 0 Å². The third-order valence-electron chi connectivity index (χ3n) is 3.16. The van der Waals surface area contributed by atoms with Crippen molar-refractivity contribution in [3.8, 4) is 11.5 Å². The standard InChI is InChI=1S/C17H19N3O2S/c1-12(13-7-9-15(21-2)10-8-13)19-20-17(23)18-14-5-4-6-16(11-14)22-3/h4-11H,1-3H3,(H2,18,20,23)/b19-12-. The summed E-state index contributed by atoms with van der Waals surface area (Å²) in [5.41, 5.74) is 5.47. The Morgan fingerprint density at radius 3 is 2.35 bits per heavy atom. The van der Waals surface area contributed by atoms with Crippen molar-refractivity contribution in [1.29, 1.82) is 0 Å². The molecule has 2 N–H and O–H groups in total. The highest BCUT2D eigenvalue weighted by Crippen LogP contribution is 2.16. The van der Waals surface area contributed by atoms with Gasteiger partial charge >= 0.3 is 0 Å². The lowest BCUT2D eigenvalue weighted by atomic mass is 10.1.